The van der Waals surface area contributed by atoms with Crippen molar-refractivity contribution >= 4 is 63.1 Å². The molecule has 0 spiro atoms. The Bertz CT molecular complexity index is 1390. The summed E-state index contributed by atoms with van der Waals surface area (Å²) in [6.07, 6.45) is 1.37. The summed E-state index contributed by atoms with van der Waals surface area (Å²) < 4.78 is 6.35. The third-order valence-electron chi connectivity index (χ3n) is 5.06. The van der Waals surface area contributed by atoms with Gasteiger partial charge in [-0.05, 0) is 69.5 Å². The van der Waals surface area contributed by atoms with Crippen LogP contribution < -0.4 is 15.0 Å². The summed E-state index contributed by atoms with van der Waals surface area (Å²) in [4.78, 5) is 49.5. The van der Waals surface area contributed by atoms with Crippen LogP contribution in [0.4, 0.5) is 10.5 Å². The molecule has 0 aromatic heterocycles. The molecule has 1 aliphatic rings. The second kappa shape index (κ2) is 10.1. The number of benzene rings is 3. The van der Waals surface area contributed by atoms with E-state index in [-0.39, 0.29) is 28.5 Å². The number of carboxylic acid groups (broad SMARTS) is 1. The molecule has 1 fully saturated rings. The molecule has 3 aromatic carbocycles. The number of urea groups is 1. The molecule has 10 heteroatoms. The summed E-state index contributed by atoms with van der Waals surface area (Å²) in [6.45, 7) is 0.203. The van der Waals surface area contributed by atoms with Gasteiger partial charge >= 0.3 is 12.0 Å². The Kier molecular flexibility index (Phi) is 6.99. The number of nitrogens with one attached hydrogen (secondary N) is 1. The number of carbonyl (C=O) groups is 4. The lowest BCUT2D eigenvalue weighted by atomic mass is 10.1. The third kappa shape index (κ3) is 5.26. The van der Waals surface area contributed by atoms with Crippen LogP contribution in [0.1, 0.15) is 21.5 Å². The number of carbonyl (C=O) groups excluding carboxylic acids is 3. The normalized spacial score (nSPS) is 14.7. The highest BCUT2D eigenvalue weighted by molar-refractivity contribution is 9.10. The van der Waals surface area contributed by atoms with Gasteiger partial charge in [0.1, 0.15) is 17.9 Å². The Morgan fingerprint density at radius 1 is 1.06 bits per heavy atom. The Hall–Kier alpha value is -3.95. The minimum atomic E-state index is -1.01. The van der Waals surface area contributed by atoms with Crippen molar-refractivity contribution in [3.8, 4) is 5.75 Å². The fourth-order valence-corrected chi connectivity index (χ4v) is 4.04. The number of nitrogens with zero attached hydrogens (tertiary/aromatic N) is 1. The number of amides is 4. The molecule has 0 unspecified atom stereocenters. The van der Waals surface area contributed by atoms with Gasteiger partial charge < -0.3 is 9.84 Å². The molecule has 1 aliphatic heterocycles. The monoisotopic (exact) mass is 554 g/mol. The number of imide groups is 2. The number of aromatic carboxylic acids is 1. The van der Waals surface area contributed by atoms with Crippen LogP contribution in [0.3, 0.4) is 0 Å². The zero-order chi connectivity index (χ0) is 25.1. The lowest BCUT2D eigenvalue weighted by Gasteiger charge is -2.27. The van der Waals surface area contributed by atoms with Gasteiger partial charge in [0.05, 0.1) is 20.7 Å². The highest BCUT2D eigenvalue weighted by atomic mass is 79.9. The smallest absolute Gasteiger partial charge is 0.335 e. The van der Waals surface area contributed by atoms with Gasteiger partial charge in [0.25, 0.3) is 11.8 Å². The molecule has 0 bridgehead atoms. The van der Waals surface area contributed by atoms with Crippen LogP contribution >= 0.6 is 27.5 Å². The molecule has 1 saturated heterocycles. The van der Waals surface area contributed by atoms with E-state index in [1.807, 2.05) is 0 Å². The Morgan fingerprint density at radius 3 is 2.43 bits per heavy atom. The first-order valence-corrected chi connectivity index (χ1v) is 11.3. The van der Waals surface area contributed by atoms with Crippen molar-refractivity contribution in [1.82, 2.24) is 5.32 Å². The zero-order valence-corrected chi connectivity index (χ0v) is 20.2. The molecule has 35 heavy (non-hydrogen) atoms. The van der Waals surface area contributed by atoms with E-state index in [4.69, 9.17) is 21.4 Å². The highest BCUT2D eigenvalue weighted by Crippen LogP contribution is 2.31. The van der Waals surface area contributed by atoms with Crippen molar-refractivity contribution in [1.29, 1.82) is 0 Å². The minimum absolute atomic E-state index is 0.163. The molecule has 0 radical (unpaired) electrons. The van der Waals surface area contributed by atoms with Crippen molar-refractivity contribution in [2.45, 2.75) is 6.61 Å². The van der Waals surface area contributed by atoms with Gasteiger partial charge in [-0.15, -0.1) is 0 Å². The van der Waals surface area contributed by atoms with Crippen molar-refractivity contribution in [2.75, 3.05) is 4.90 Å². The number of rotatable bonds is 6. The van der Waals surface area contributed by atoms with Crippen LogP contribution in [0.25, 0.3) is 6.08 Å². The molecule has 4 amide bonds. The van der Waals surface area contributed by atoms with Gasteiger partial charge in [-0.25, -0.2) is 14.5 Å². The van der Waals surface area contributed by atoms with Gasteiger partial charge in [-0.3, -0.25) is 14.9 Å². The van der Waals surface area contributed by atoms with Crippen molar-refractivity contribution in [2.24, 2.45) is 0 Å². The summed E-state index contributed by atoms with van der Waals surface area (Å²) >= 11 is 9.56. The predicted octanol–water partition coefficient (Wildman–Crippen LogP) is 5.05. The van der Waals surface area contributed by atoms with E-state index < -0.39 is 23.8 Å². The number of para-hydroxylation sites is 1. The van der Waals surface area contributed by atoms with Gasteiger partial charge in [-0.2, -0.15) is 0 Å². The maximum atomic E-state index is 13.0. The number of ether oxygens (including phenoxy) is 1. The first-order valence-electron chi connectivity index (χ1n) is 10.1. The molecule has 176 valence electrons. The van der Waals surface area contributed by atoms with Crippen LogP contribution in [0.2, 0.25) is 5.02 Å². The summed E-state index contributed by atoms with van der Waals surface area (Å²) in [5.41, 5.74) is 1.41. The largest absolute Gasteiger partial charge is 0.488 e. The lowest BCUT2D eigenvalue weighted by molar-refractivity contribution is -0.122. The SMILES string of the molecule is O=C1NC(=O)N(c2ccccc2Cl)C(=O)/C1=C/c1ccc(OCc2ccc(C(=O)O)cc2)c(Br)c1. The van der Waals surface area contributed by atoms with Gasteiger partial charge in [0, 0.05) is 0 Å². The molecular formula is C25H16BrClN2O6. The molecule has 0 aliphatic carbocycles. The van der Waals surface area contributed by atoms with Crippen molar-refractivity contribution in [3.05, 3.63) is 98.5 Å². The van der Waals surface area contributed by atoms with Gasteiger partial charge in [0.15, 0.2) is 0 Å². The lowest BCUT2D eigenvalue weighted by Crippen LogP contribution is -2.54. The summed E-state index contributed by atoms with van der Waals surface area (Å²) in [6, 6.07) is 16.7. The van der Waals surface area contributed by atoms with Crippen LogP contribution in [0, 0.1) is 0 Å². The maximum absolute atomic E-state index is 13.0. The average molecular weight is 556 g/mol. The van der Waals surface area contributed by atoms with Crippen LogP contribution in [-0.4, -0.2) is 28.9 Å². The number of halogens is 2. The van der Waals surface area contributed by atoms with Crippen LogP contribution in [0.15, 0.2) is 76.8 Å². The fourth-order valence-electron chi connectivity index (χ4n) is 3.30. The molecular weight excluding hydrogens is 540 g/mol. The number of hydrogen-bond donors (Lipinski definition) is 2. The second-order valence-corrected chi connectivity index (χ2v) is 8.65. The Balaban J connectivity index is 1.53. The molecule has 4 rings (SSSR count). The van der Waals surface area contributed by atoms with E-state index in [0.29, 0.717) is 15.8 Å². The van der Waals surface area contributed by atoms with Crippen LogP contribution in [-0.2, 0) is 16.2 Å². The summed E-state index contributed by atoms with van der Waals surface area (Å²) in [7, 11) is 0. The van der Waals surface area contributed by atoms with E-state index in [0.717, 1.165) is 10.5 Å². The average Bonchev–Trinajstić information content (AvgIpc) is 2.82. The van der Waals surface area contributed by atoms with E-state index in [1.165, 1.54) is 30.3 Å². The zero-order valence-electron chi connectivity index (χ0n) is 17.8. The first-order chi connectivity index (χ1) is 16.7. The van der Waals surface area contributed by atoms with E-state index >= 15 is 0 Å². The topological polar surface area (TPSA) is 113 Å². The number of barbiturate groups is 1. The minimum Gasteiger partial charge on any atom is -0.488 e. The van der Waals surface area contributed by atoms with Gasteiger partial charge in [0.2, 0.25) is 0 Å². The summed E-state index contributed by atoms with van der Waals surface area (Å²) in [5, 5.41) is 11.3. The van der Waals surface area contributed by atoms with E-state index in [9.17, 15) is 19.2 Å². The number of hydrogen-bond acceptors (Lipinski definition) is 5. The molecule has 8 nitrogen and oxygen atoms in total. The molecule has 1 heterocycles. The second-order valence-electron chi connectivity index (χ2n) is 7.39. The Morgan fingerprint density at radius 2 is 1.77 bits per heavy atom. The van der Waals surface area contributed by atoms with Gasteiger partial charge in [-0.1, -0.05) is 41.9 Å². The first kappa shape index (κ1) is 24.2. The standard InChI is InChI=1S/C25H16BrClN2O6/c26-18-12-15(7-10-21(18)35-13-14-5-8-16(9-6-14)24(32)33)11-17-22(30)28-25(34)29(23(17)31)20-4-2-1-3-19(20)27/h1-12H,13H2,(H,32,33)(H,28,30,34)/b17-11+. The molecule has 0 atom stereocenters. The van der Waals surface area contributed by atoms with Crippen molar-refractivity contribution in [3.63, 3.8) is 0 Å². The maximum Gasteiger partial charge on any atom is 0.335 e. The highest BCUT2D eigenvalue weighted by Gasteiger charge is 2.37. The molecule has 3 aromatic rings. The molecule has 0 saturated carbocycles. The number of carboxylic acids is 1. The fraction of sp³-hybridized carbons (Fsp3) is 0.0400. The van der Waals surface area contributed by atoms with E-state index in [1.54, 1.807) is 42.5 Å². The van der Waals surface area contributed by atoms with E-state index in [2.05, 4.69) is 21.2 Å². The third-order valence-corrected chi connectivity index (χ3v) is 6.00. The van der Waals surface area contributed by atoms with Crippen LogP contribution in [0.5, 0.6) is 5.75 Å². The molecule has 2 N–H and O–H groups in total. The predicted molar refractivity (Wildman–Crippen MR) is 132 cm³/mol. The summed E-state index contributed by atoms with van der Waals surface area (Å²) in [5.74, 6) is -2.12. The number of anilines is 1. The quantitative estimate of drug-likeness (QED) is 0.325. The Labute approximate surface area is 212 Å². The van der Waals surface area contributed by atoms with Crippen molar-refractivity contribution < 1.29 is 29.0 Å².